The second-order valence-electron chi connectivity index (χ2n) is 4.22. The van der Waals surface area contributed by atoms with Crippen molar-refractivity contribution < 1.29 is 0 Å². The third-order valence-corrected chi connectivity index (χ3v) is 3.02. The molecule has 4 nitrogen and oxygen atoms in total. The average Bonchev–Trinajstić information content (AvgIpc) is 2.49. The molecule has 0 bridgehead atoms. The highest BCUT2D eigenvalue weighted by atomic mass is 32.1. The number of para-hydroxylation sites is 1. The van der Waals surface area contributed by atoms with E-state index >= 15 is 0 Å². The predicted octanol–water partition coefficient (Wildman–Crippen LogP) is 3.13. The molecule has 0 unspecified atom stereocenters. The number of hydrazone groups is 1. The summed E-state index contributed by atoms with van der Waals surface area (Å²) in [6, 6.07) is 15.5. The molecule has 0 amide bonds. The summed E-state index contributed by atoms with van der Waals surface area (Å²) in [7, 11) is 1.81. The number of rotatable bonds is 3. The van der Waals surface area contributed by atoms with Crippen LogP contribution in [-0.2, 0) is 0 Å². The lowest BCUT2D eigenvalue weighted by Gasteiger charge is -2.16. The van der Waals surface area contributed by atoms with Crippen LogP contribution < -0.4 is 5.32 Å². The van der Waals surface area contributed by atoms with Gasteiger partial charge in [-0.3, -0.25) is 4.98 Å². The van der Waals surface area contributed by atoms with Crippen LogP contribution in [-0.4, -0.2) is 27.9 Å². The molecule has 1 aromatic heterocycles. The zero-order chi connectivity index (χ0) is 14.4. The topological polar surface area (TPSA) is 40.5 Å². The molecule has 0 saturated heterocycles. The van der Waals surface area contributed by atoms with Crippen LogP contribution in [0, 0.1) is 0 Å². The Morgan fingerprint density at radius 2 is 1.85 bits per heavy atom. The summed E-state index contributed by atoms with van der Waals surface area (Å²) in [4.78, 5) is 4.25. The molecule has 0 saturated carbocycles. The Balaban J connectivity index is 2.04. The van der Waals surface area contributed by atoms with E-state index in [-0.39, 0.29) is 0 Å². The van der Waals surface area contributed by atoms with Crippen molar-refractivity contribution in [3.63, 3.8) is 0 Å². The number of pyridine rings is 1. The number of nitrogens with zero attached hydrogens (tertiary/aromatic N) is 3. The van der Waals surface area contributed by atoms with Gasteiger partial charge in [0.05, 0.1) is 11.4 Å². The van der Waals surface area contributed by atoms with Crippen LogP contribution in [0.4, 0.5) is 5.69 Å². The van der Waals surface area contributed by atoms with E-state index in [0.29, 0.717) is 5.11 Å². The summed E-state index contributed by atoms with van der Waals surface area (Å²) in [5.74, 6) is 0. The first kappa shape index (κ1) is 14.1. The van der Waals surface area contributed by atoms with Crippen molar-refractivity contribution in [3.8, 4) is 0 Å². The lowest BCUT2D eigenvalue weighted by molar-refractivity contribution is 0.553. The molecular weight excluding hydrogens is 268 g/mol. The minimum atomic E-state index is 0.534. The second-order valence-corrected chi connectivity index (χ2v) is 4.61. The fourth-order valence-corrected chi connectivity index (χ4v) is 1.78. The van der Waals surface area contributed by atoms with Gasteiger partial charge < -0.3 is 5.32 Å². The first-order valence-corrected chi connectivity index (χ1v) is 6.64. The van der Waals surface area contributed by atoms with E-state index in [0.717, 1.165) is 17.1 Å². The minimum Gasteiger partial charge on any atom is -0.331 e. The molecule has 2 rings (SSSR count). The molecular formula is C15H16N4S. The average molecular weight is 284 g/mol. The Bertz CT molecular complexity index is 596. The standard InChI is InChI=1S/C15H16N4S/c1-12(14-10-6-7-11-16-14)18-19(2)15(20)17-13-8-4-3-5-9-13/h3-11H,1-2H3,(H,17,20)/b18-12+. The second kappa shape index (κ2) is 6.77. The minimum absolute atomic E-state index is 0.534. The van der Waals surface area contributed by atoms with Crippen LogP contribution in [0.3, 0.4) is 0 Å². The molecule has 0 aliphatic heterocycles. The molecule has 102 valence electrons. The Hall–Kier alpha value is -2.27. The van der Waals surface area contributed by atoms with Gasteiger partial charge in [0.25, 0.3) is 0 Å². The van der Waals surface area contributed by atoms with Crippen LogP contribution in [0.1, 0.15) is 12.6 Å². The highest BCUT2D eigenvalue weighted by Crippen LogP contribution is 2.07. The van der Waals surface area contributed by atoms with Gasteiger partial charge in [-0.1, -0.05) is 24.3 Å². The van der Waals surface area contributed by atoms with Crippen molar-refractivity contribution >= 4 is 28.7 Å². The van der Waals surface area contributed by atoms with E-state index in [1.54, 1.807) is 11.2 Å². The van der Waals surface area contributed by atoms with Crippen molar-refractivity contribution in [1.82, 2.24) is 9.99 Å². The van der Waals surface area contributed by atoms with Gasteiger partial charge in [-0.15, -0.1) is 0 Å². The monoisotopic (exact) mass is 284 g/mol. The number of benzene rings is 1. The molecule has 0 aliphatic rings. The normalized spacial score (nSPS) is 11.0. The fourth-order valence-electron chi connectivity index (χ4n) is 1.62. The molecule has 5 heteroatoms. The fraction of sp³-hybridized carbons (Fsp3) is 0.133. The molecule has 1 aromatic carbocycles. The first-order chi connectivity index (χ1) is 9.66. The molecule has 0 radical (unpaired) electrons. The summed E-state index contributed by atoms with van der Waals surface area (Å²) in [6.45, 7) is 1.91. The zero-order valence-electron chi connectivity index (χ0n) is 11.4. The maximum absolute atomic E-state index is 5.31. The number of hydrogen-bond acceptors (Lipinski definition) is 3. The first-order valence-electron chi connectivity index (χ1n) is 6.23. The number of nitrogens with one attached hydrogen (secondary N) is 1. The third kappa shape index (κ3) is 3.86. The largest absolute Gasteiger partial charge is 0.331 e. The van der Waals surface area contributed by atoms with Crippen molar-refractivity contribution in [3.05, 3.63) is 60.4 Å². The lowest BCUT2D eigenvalue weighted by Crippen LogP contribution is -2.27. The van der Waals surface area contributed by atoms with Crippen LogP contribution in [0.15, 0.2) is 59.8 Å². The summed E-state index contributed by atoms with van der Waals surface area (Å²) in [5, 5.41) is 9.72. The highest BCUT2D eigenvalue weighted by Gasteiger charge is 2.05. The van der Waals surface area contributed by atoms with Gasteiger partial charge >= 0.3 is 0 Å². The third-order valence-electron chi connectivity index (χ3n) is 2.65. The van der Waals surface area contributed by atoms with Crippen LogP contribution in [0.25, 0.3) is 0 Å². The Morgan fingerprint density at radius 1 is 1.15 bits per heavy atom. The van der Waals surface area contributed by atoms with Crippen molar-refractivity contribution in [2.75, 3.05) is 12.4 Å². The van der Waals surface area contributed by atoms with E-state index < -0.39 is 0 Å². The van der Waals surface area contributed by atoms with Gasteiger partial charge in [-0.05, 0) is 43.4 Å². The van der Waals surface area contributed by atoms with Crippen LogP contribution in [0.2, 0.25) is 0 Å². The predicted molar refractivity (Wildman–Crippen MR) is 86.9 cm³/mol. The number of anilines is 1. The van der Waals surface area contributed by atoms with Gasteiger partial charge in [0.1, 0.15) is 0 Å². The number of thiocarbonyl (C=S) groups is 1. The molecule has 0 aliphatic carbocycles. The van der Waals surface area contributed by atoms with Crippen molar-refractivity contribution in [2.24, 2.45) is 5.10 Å². The van der Waals surface area contributed by atoms with Gasteiger partial charge in [0.15, 0.2) is 5.11 Å². The molecule has 1 heterocycles. The van der Waals surface area contributed by atoms with E-state index in [4.69, 9.17) is 12.2 Å². The highest BCUT2D eigenvalue weighted by molar-refractivity contribution is 7.80. The lowest BCUT2D eigenvalue weighted by atomic mass is 10.3. The Labute approximate surface area is 124 Å². The van der Waals surface area contributed by atoms with E-state index in [9.17, 15) is 0 Å². The molecule has 0 fully saturated rings. The molecule has 1 N–H and O–H groups in total. The smallest absolute Gasteiger partial charge is 0.193 e. The van der Waals surface area contributed by atoms with Gasteiger partial charge in [0.2, 0.25) is 0 Å². The molecule has 0 spiro atoms. The molecule has 2 aromatic rings. The Kier molecular flexibility index (Phi) is 4.79. The SMILES string of the molecule is C/C(=N\N(C)C(=S)Nc1ccccc1)c1ccccn1. The quantitative estimate of drug-likeness (QED) is 0.534. The maximum Gasteiger partial charge on any atom is 0.193 e. The van der Waals surface area contributed by atoms with E-state index in [1.807, 2.05) is 62.5 Å². The summed E-state index contributed by atoms with van der Waals surface area (Å²) >= 11 is 5.31. The van der Waals surface area contributed by atoms with Crippen molar-refractivity contribution in [1.29, 1.82) is 0 Å². The summed E-state index contributed by atoms with van der Waals surface area (Å²) in [6.07, 6.45) is 1.74. The van der Waals surface area contributed by atoms with E-state index in [1.165, 1.54) is 0 Å². The van der Waals surface area contributed by atoms with E-state index in [2.05, 4.69) is 15.4 Å². The zero-order valence-corrected chi connectivity index (χ0v) is 12.3. The summed E-state index contributed by atoms with van der Waals surface area (Å²) in [5.41, 5.74) is 2.59. The number of aromatic nitrogens is 1. The van der Waals surface area contributed by atoms with Crippen LogP contribution >= 0.6 is 12.2 Å². The maximum atomic E-state index is 5.31. The molecule has 0 atom stereocenters. The van der Waals surface area contributed by atoms with Gasteiger partial charge in [0, 0.05) is 18.9 Å². The summed E-state index contributed by atoms with van der Waals surface area (Å²) < 4.78 is 0. The van der Waals surface area contributed by atoms with Crippen LogP contribution in [0.5, 0.6) is 0 Å². The number of hydrogen-bond donors (Lipinski definition) is 1. The van der Waals surface area contributed by atoms with Crippen molar-refractivity contribution in [2.45, 2.75) is 6.92 Å². The van der Waals surface area contributed by atoms with Gasteiger partial charge in [-0.2, -0.15) is 5.10 Å². The molecule has 20 heavy (non-hydrogen) atoms. The van der Waals surface area contributed by atoms with Gasteiger partial charge in [-0.25, -0.2) is 5.01 Å². The Morgan fingerprint density at radius 3 is 2.50 bits per heavy atom.